The number of ether oxygens (including phenoxy) is 1. The molecule has 3 aromatic rings. The summed E-state index contributed by atoms with van der Waals surface area (Å²) in [5.74, 6) is -0.581. The normalized spacial score (nSPS) is 13.8. The number of aromatic amines is 1. The Hall–Kier alpha value is -3.65. The largest absolute Gasteiger partial charge is 0.386 e. The summed E-state index contributed by atoms with van der Waals surface area (Å²) >= 11 is 0. The summed E-state index contributed by atoms with van der Waals surface area (Å²) in [5, 5.41) is 6.48. The van der Waals surface area contributed by atoms with Crippen molar-refractivity contribution in [1.82, 2.24) is 9.88 Å². The molecule has 1 aliphatic heterocycles. The van der Waals surface area contributed by atoms with E-state index in [0.29, 0.717) is 43.1 Å². The summed E-state index contributed by atoms with van der Waals surface area (Å²) in [6, 6.07) is 13.7. The molecule has 3 N–H and O–H groups in total. The molecule has 0 radical (unpaired) electrons. The van der Waals surface area contributed by atoms with E-state index >= 15 is 0 Å². The molecule has 0 unspecified atom stereocenters. The summed E-state index contributed by atoms with van der Waals surface area (Å²) in [5.41, 5.74) is 2.01. The summed E-state index contributed by atoms with van der Waals surface area (Å²) in [6.45, 7) is 2.21. The van der Waals surface area contributed by atoms with Gasteiger partial charge in [-0.25, -0.2) is 0 Å². The highest BCUT2D eigenvalue weighted by atomic mass is 16.5. The Morgan fingerprint density at radius 1 is 1.07 bits per heavy atom. The van der Waals surface area contributed by atoms with E-state index in [-0.39, 0.29) is 11.5 Å². The van der Waals surface area contributed by atoms with Crippen molar-refractivity contribution in [3.8, 4) is 0 Å². The number of nitrogens with zero attached hydrogens (tertiary/aromatic N) is 1. The van der Waals surface area contributed by atoms with E-state index in [4.69, 9.17) is 4.74 Å². The van der Waals surface area contributed by atoms with Gasteiger partial charge in [0.05, 0.1) is 24.4 Å². The number of rotatable bonds is 4. The van der Waals surface area contributed by atoms with Crippen LogP contribution in [0.4, 0.5) is 11.4 Å². The first-order valence-corrected chi connectivity index (χ1v) is 9.69. The lowest BCUT2D eigenvalue weighted by Crippen LogP contribution is -2.40. The van der Waals surface area contributed by atoms with Gasteiger partial charge in [0, 0.05) is 36.8 Å². The highest BCUT2D eigenvalue weighted by Gasteiger charge is 2.19. The van der Waals surface area contributed by atoms with Gasteiger partial charge in [-0.1, -0.05) is 12.1 Å². The number of hydrogen-bond acceptors (Lipinski definition) is 5. The highest BCUT2D eigenvalue weighted by Crippen LogP contribution is 2.20. The Morgan fingerprint density at radius 3 is 2.50 bits per heavy atom. The van der Waals surface area contributed by atoms with Gasteiger partial charge in [-0.2, -0.15) is 0 Å². The predicted octanol–water partition coefficient (Wildman–Crippen LogP) is 2.29. The van der Waals surface area contributed by atoms with Crippen LogP contribution in [0, 0.1) is 0 Å². The van der Waals surface area contributed by atoms with E-state index in [9.17, 15) is 14.4 Å². The van der Waals surface area contributed by atoms with Crippen LogP contribution >= 0.6 is 0 Å². The molecule has 2 amide bonds. The molecule has 4 rings (SSSR count). The molecule has 154 valence electrons. The number of pyridine rings is 1. The molecular weight excluding hydrogens is 384 g/mol. The zero-order valence-electron chi connectivity index (χ0n) is 16.5. The number of hydrogen-bond donors (Lipinski definition) is 3. The number of H-pyrrole nitrogens is 1. The number of anilines is 2. The summed E-state index contributed by atoms with van der Waals surface area (Å²) in [6.07, 6.45) is 0. The molecule has 0 atom stereocenters. The minimum atomic E-state index is -0.514. The number of amides is 2. The molecule has 2 aromatic carbocycles. The summed E-state index contributed by atoms with van der Waals surface area (Å²) in [7, 11) is 1.77. The minimum absolute atomic E-state index is 0.0178. The van der Waals surface area contributed by atoms with Crippen molar-refractivity contribution >= 4 is 34.1 Å². The predicted molar refractivity (Wildman–Crippen MR) is 115 cm³/mol. The Kier molecular flexibility index (Phi) is 5.49. The summed E-state index contributed by atoms with van der Waals surface area (Å²) < 4.78 is 5.27. The molecule has 1 fully saturated rings. The highest BCUT2D eigenvalue weighted by molar-refractivity contribution is 6.06. The van der Waals surface area contributed by atoms with Crippen LogP contribution in [0.3, 0.4) is 0 Å². The molecule has 1 aliphatic rings. The van der Waals surface area contributed by atoms with Crippen molar-refractivity contribution in [2.45, 2.75) is 0 Å². The van der Waals surface area contributed by atoms with Gasteiger partial charge in [0.15, 0.2) is 0 Å². The molecule has 8 heteroatoms. The van der Waals surface area contributed by atoms with Crippen LogP contribution in [0.25, 0.3) is 10.9 Å². The fraction of sp³-hybridized carbons (Fsp3) is 0.227. The first-order chi connectivity index (χ1) is 14.6. The first kappa shape index (κ1) is 19.7. The Morgan fingerprint density at radius 2 is 1.80 bits per heavy atom. The zero-order valence-corrected chi connectivity index (χ0v) is 16.5. The van der Waals surface area contributed by atoms with Crippen molar-refractivity contribution in [3.05, 3.63) is 70.0 Å². The molecule has 0 saturated carbocycles. The monoisotopic (exact) mass is 406 g/mol. The fourth-order valence-electron chi connectivity index (χ4n) is 3.45. The molecule has 2 heterocycles. The molecule has 0 bridgehead atoms. The average Bonchev–Trinajstić information content (AvgIpc) is 2.78. The maximum Gasteiger partial charge on any atom is 0.261 e. The number of aromatic nitrogens is 1. The lowest BCUT2D eigenvalue weighted by atomic mass is 10.1. The Balaban J connectivity index is 1.52. The van der Waals surface area contributed by atoms with Gasteiger partial charge in [0.25, 0.3) is 17.4 Å². The maximum absolute atomic E-state index is 12.7. The van der Waals surface area contributed by atoms with Crippen LogP contribution in [0.2, 0.25) is 0 Å². The number of carbonyl (C=O) groups excluding carboxylic acids is 2. The molecule has 1 aromatic heterocycles. The zero-order chi connectivity index (χ0) is 21.1. The van der Waals surface area contributed by atoms with Gasteiger partial charge in [0.2, 0.25) is 0 Å². The molecule has 0 spiro atoms. The van der Waals surface area contributed by atoms with Crippen molar-refractivity contribution in [2.75, 3.05) is 44.0 Å². The van der Waals surface area contributed by atoms with Gasteiger partial charge in [-0.15, -0.1) is 0 Å². The van der Waals surface area contributed by atoms with Gasteiger partial charge in [-0.3, -0.25) is 14.4 Å². The standard InChI is InChI=1S/C22H22N4O4/c1-23-18-4-2-3-15-13-17(21(28)25-19(15)18)20(27)24-16-7-5-14(6-8-16)22(29)26-9-11-30-12-10-26/h2-8,13,23H,9-12H2,1H3,(H,24,27)(H,25,28). The van der Waals surface area contributed by atoms with Crippen molar-refractivity contribution < 1.29 is 14.3 Å². The first-order valence-electron chi connectivity index (χ1n) is 9.69. The number of morpholine rings is 1. The maximum atomic E-state index is 12.7. The van der Waals surface area contributed by atoms with Crippen molar-refractivity contribution in [2.24, 2.45) is 0 Å². The third kappa shape index (κ3) is 3.90. The molecule has 0 aliphatic carbocycles. The molecule has 30 heavy (non-hydrogen) atoms. The quantitative estimate of drug-likeness (QED) is 0.617. The second kappa shape index (κ2) is 8.38. The van der Waals surface area contributed by atoms with E-state index in [1.54, 1.807) is 42.3 Å². The van der Waals surface area contributed by atoms with Gasteiger partial charge >= 0.3 is 0 Å². The third-order valence-corrected chi connectivity index (χ3v) is 5.08. The second-order valence-electron chi connectivity index (χ2n) is 6.97. The van der Waals surface area contributed by atoms with Gasteiger partial charge < -0.3 is 25.3 Å². The molecular formula is C22H22N4O4. The lowest BCUT2D eigenvalue weighted by molar-refractivity contribution is 0.0303. The number of nitrogens with one attached hydrogen (secondary N) is 3. The number of benzene rings is 2. The van der Waals surface area contributed by atoms with Gasteiger partial charge in [0.1, 0.15) is 5.56 Å². The third-order valence-electron chi connectivity index (χ3n) is 5.08. The van der Waals surface area contributed by atoms with Crippen molar-refractivity contribution in [3.63, 3.8) is 0 Å². The Labute approximate surface area is 172 Å². The van der Waals surface area contributed by atoms with Crippen LogP contribution in [0.5, 0.6) is 0 Å². The lowest BCUT2D eigenvalue weighted by Gasteiger charge is -2.26. The van der Waals surface area contributed by atoms with Gasteiger partial charge in [-0.05, 0) is 36.4 Å². The van der Waals surface area contributed by atoms with Crippen LogP contribution in [-0.2, 0) is 4.74 Å². The smallest absolute Gasteiger partial charge is 0.261 e. The average molecular weight is 406 g/mol. The fourth-order valence-corrected chi connectivity index (χ4v) is 3.45. The van der Waals surface area contributed by atoms with E-state index < -0.39 is 11.5 Å². The van der Waals surface area contributed by atoms with Crippen LogP contribution in [0.1, 0.15) is 20.7 Å². The van der Waals surface area contributed by atoms with E-state index in [0.717, 1.165) is 11.1 Å². The second-order valence-corrected chi connectivity index (χ2v) is 6.97. The summed E-state index contributed by atoms with van der Waals surface area (Å²) in [4.78, 5) is 42.1. The number of fused-ring (bicyclic) bond motifs is 1. The van der Waals surface area contributed by atoms with Crippen LogP contribution in [-0.4, -0.2) is 55.0 Å². The topological polar surface area (TPSA) is 104 Å². The van der Waals surface area contributed by atoms with E-state index in [1.165, 1.54) is 0 Å². The van der Waals surface area contributed by atoms with E-state index in [2.05, 4.69) is 15.6 Å². The van der Waals surface area contributed by atoms with E-state index in [1.807, 2.05) is 18.2 Å². The molecule has 8 nitrogen and oxygen atoms in total. The Bertz CT molecular complexity index is 1150. The van der Waals surface area contributed by atoms with Crippen LogP contribution < -0.4 is 16.2 Å². The van der Waals surface area contributed by atoms with Crippen LogP contribution in [0.15, 0.2) is 53.3 Å². The van der Waals surface area contributed by atoms with Crippen molar-refractivity contribution in [1.29, 1.82) is 0 Å². The minimum Gasteiger partial charge on any atom is -0.386 e. The molecule has 1 saturated heterocycles. The number of para-hydroxylation sites is 1. The number of carbonyl (C=O) groups is 2. The SMILES string of the molecule is CNc1cccc2cc(C(=O)Nc3ccc(C(=O)N4CCOCC4)cc3)c(=O)[nH]c12.